The van der Waals surface area contributed by atoms with E-state index in [1.54, 1.807) is 84.9 Å². The van der Waals surface area contributed by atoms with Crippen LogP contribution in [0.3, 0.4) is 0 Å². The number of carbonyl (C=O) groups excluding carboxylic acids is 4. The molecule has 2 fully saturated rings. The van der Waals surface area contributed by atoms with Crippen LogP contribution in [0.15, 0.2) is 140 Å². The van der Waals surface area contributed by atoms with E-state index in [9.17, 15) is 45.5 Å². The van der Waals surface area contributed by atoms with E-state index in [2.05, 4.69) is 31.0 Å². The Hall–Kier alpha value is -9.27. The van der Waals surface area contributed by atoms with E-state index in [0.29, 0.717) is 62.1 Å². The van der Waals surface area contributed by atoms with Crippen LogP contribution < -0.4 is 26.4 Å². The SMILES string of the molecule is CC(Cc1cccc2c1NC(=O)C21CC1C(=O)NC(Cc1cc(F)cc(F)c1)c1ncccc1-c1cccc(C(N)=O)c1)Oc1ccc(-c2cccnc2C(Cc2cc(F)cc(F)c2)NC(=O)Cn2nc(C(F)F)c3c2C(F)(F)C2CC32)cc1. The van der Waals surface area contributed by atoms with E-state index in [1.165, 1.54) is 12.4 Å². The first-order valence-electron chi connectivity index (χ1n) is 27.0. The lowest BCUT2D eigenvalue weighted by Gasteiger charge is -2.22. The topological polar surface area (TPSA) is 183 Å². The molecule has 4 amide bonds. The van der Waals surface area contributed by atoms with E-state index in [0.717, 1.165) is 35.9 Å². The molecule has 0 saturated heterocycles. The number of alkyl halides is 4. The molecule has 7 atom stereocenters. The first-order chi connectivity index (χ1) is 40.2. The van der Waals surface area contributed by atoms with E-state index in [-0.39, 0.29) is 59.5 Å². The summed E-state index contributed by atoms with van der Waals surface area (Å²) < 4.78 is 124. The Morgan fingerprint density at radius 2 is 1.35 bits per heavy atom. The molecule has 21 heteroatoms. The molecule has 0 bridgehead atoms. The lowest BCUT2D eigenvalue weighted by molar-refractivity contribution is -0.126. The Kier molecular flexibility index (Phi) is 14.1. The van der Waals surface area contributed by atoms with Gasteiger partial charge in [-0.3, -0.25) is 33.8 Å². The minimum Gasteiger partial charge on any atom is -0.490 e. The van der Waals surface area contributed by atoms with Gasteiger partial charge in [-0.05, 0) is 133 Å². The summed E-state index contributed by atoms with van der Waals surface area (Å²) >= 11 is 0. The lowest BCUT2D eigenvalue weighted by atomic mass is 9.91. The fourth-order valence-corrected chi connectivity index (χ4v) is 12.4. The van der Waals surface area contributed by atoms with Crippen LogP contribution in [0.2, 0.25) is 0 Å². The van der Waals surface area contributed by atoms with Crippen LogP contribution in [0.1, 0.15) is 105 Å². The average Bonchev–Trinajstić information content (AvgIpc) is 1.62. The Bertz CT molecular complexity index is 3930. The number of ether oxygens (including phenoxy) is 1. The standard InChI is InChI=1S/C63H50F8N8O5/c1-31(18-36-7-3-11-46-53(36)77-61(83)62(46)29-48(62)60(82)76-50(24-33-21-40(66)27-41(67)22-33)55-44(10-5-17-74-55)35-6-2-8-37(25-35)59(72)81)84-42-14-12-34(13-15-42)43-9-4-16-73-54(43)49(23-32-19-38(64)26-39(65)20-32)75-51(80)30-79-57-52(56(78-79)58(68)69)45-28-47(45)63(57,70)71/h2-17,19-22,25-27,31,45,47-50,58H,18,23-24,28-30H2,1H3,(H2,72,81)(H,75,80)(H,76,82)(H,77,83). The van der Waals surface area contributed by atoms with Gasteiger partial charge < -0.3 is 26.4 Å². The molecule has 428 valence electrons. The number of rotatable bonds is 19. The summed E-state index contributed by atoms with van der Waals surface area (Å²) in [7, 11) is 0. The van der Waals surface area contributed by atoms with Crippen LogP contribution in [0.4, 0.5) is 40.8 Å². The number of primary amides is 1. The van der Waals surface area contributed by atoms with Gasteiger partial charge in [0, 0.05) is 64.8 Å². The summed E-state index contributed by atoms with van der Waals surface area (Å²) in [4.78, 5) is 63.7. The molecule has 5 aromatic carbocycles. The second-order valence-electron chi connectivity index (χ2n) is 21.8. The smallest absolute Gasteiger partial charge is 0.293 e. The molecule has 2 saturated carbocycles. The number of carbonyl (C=O) groups is 4. The predicted molar refractivity (Wildman–Crippen MR) is 290 cm³/mol. The quantitative estimate of drug-likeness (QED) is 0.0577. The molecule has 1 spiro atoms. The summed E-state index contributed by atoms with van der Waals surface area (Å²) in [6, 6.07) is 29.4. The van der Waals surface area contributed by atoms with Crippen molar-refractivity contribution in [2.75, 3.05) is 5.32 Å². The largest absolute Gasteiger partial charge is 0.490 e. The second kappa shape index (κ2) is 21.5. The zero-order valence-corrected chi connectivity index (χ0v) is 44.5. The zero-order chi connectivity index (χ0) is 58.9. The minimum absolute atomic E-state index is 0.0385. The number of amides is 4. The van der Waals surface area contributed by atoms with Crippen molar-refractivity contribution in [2.45, 2.75) is 87.4 Å². The number of aromatic nitrogens is 4. The highest BCUT2D eigenvalue weighted by molar-refractivity contribution is 6.13. The van der Waals surface area contributed by atoms with Crippen LogP contribution in [0.25, 0.3) is 22.3 Å². The van der Waals surface area contributed by atoms with Gasteiger partial charge in [-0.2, -0.15) is 13.9 Å². The van der Waals surface area contributed by atoms with Gasteiger partial charge >= 0.3 is 0 Å². The van der Waals surface area contributed by atoms with Gasteiger partial charge in [0.1, 0.15) is 47.0 Å². The highest BCUT2D eigenvalue weighted by atomic mass is 19.3. The zero-order valence-electron chi connectivity index (χ0n) is 44.5. The molecular formula is C63H50F8N8O5. The number of hydrogen-bond donors (Lipinski definition) is 4. The summed E-state index contributed by atoms with van der Waals surface area (Å²) in [5.74, 6) is -11.6. The number of fused-ring (bicyclic) bond motifs is 5. The summed E-state index contributed by atoms with van der Waals surface area (Å²) in [6.45, 7) is 0.992. The Morgan fingerprint density at radius 3 is 1.96 bits per heavy atom. The van der Waals surface area contributed by atoms with Gasteiger partial charge in [0.25, 0.3) is 12.3 Å². The number of anilines is 1. The van der Waals surface area contributed by atoms with Crippen molar-refractivity contribution in [2.24, 2.45) is 17.6 Å². The van der Waals surface area contributed by atoms with Crippen molar-refractivity contribution < 1.29 is 59.0 Å². The maximum Gasteiger partial charge on any atom is 0.293 e. The number of para-hydroxylation sites is 1. The van der Waals surface area contributed by atoms with Gasteiger partial charge in [0.2, 0.25) is 23.6 Å². The molecule has 8 aromatic rings. The van der Waals surface area contributed by atoms with Crippen LogP contribution in [-0.2, 0) is 51.5 Å². The maximum atomic E-state index is 15.4. The molecule has 3 aliphatic carbocycles. The Morgan fingerprint density at radius 1 is 0.738 bits per heavy atom. The average molecular weight is 1150 g/mol. The van der Waals surface area contributed by atoms with Crippen molar-refractivity contribution in [3.05, 3.63) is 219 Å². The number of hydrogen-bond acceptors (Lipinski definition) is 8. The van der Waals surface area contributed by atoms with Crippen LogP contribution in [-0.4, -0.2) is 49.5 Å². The van der Waals surface area contributed by atoms with E-state index in [1.807, 2.05) is 13.0 Å². The number of nitrogens with two attached hydrogens (primary N) is 1. The monoisotopic (exact) mass is 1150 g/mol. The molecule has 12 rings (SSSR count). The van der Waals surface area contributed by atoms with Crippen LogP contribution >= 0.6 is 0 Å². The molecular weight excluding hydrogens is 1100 g/mol. The third kappa shape index (κ3) is 10.4. The lowest BCUT2D eigenvalue weighted by Crippen LogP contribution is -2.35. The molecule has 84 heavy (non-hydrogen) atoms. The van der Waals surface area contributed by atoms with Gasteiger partial charge in [0.15, 0.2) is 0 Å². The molecule has 4 aliphatic rings. The molecule has 0 radical (unpaired) electrons. The minimum atomic E-state index is -3.47. The molecule has 3 aromatic heterocycles. The van der Waals surface area contributed by atoms with E-state index < -0.39 is 113 Å². The first kappa shape index (κ1) is 55.3. The number of nitrogens with zero attached hydrogens (tertiary/aromatic N) is 4. The van der Waals surface area contributed by atoms with Crippen molar-refractivity contribution in [3.63, 3.8) is 0 Å². The van der Waals surface area contributed by atoms with Crippen LogP contribution in [0, 0.1) is 35.1 Å². The third-order valence-electron chi connectivity index (χ3n) is 16.2. The normalized spacial score (nSPS) is 19.6. The molecule has 13 nitrogen and oxygen atoms in total. The second-order valence-corrected chi connectivity index (χ2v) is 21.8. The van der Waals surface area contributed by atoms with Gasteiger partial charge in [-0.15, -0.1) is 0 Å². The number of benzene rings is 5. The van der Waals surface area contributed by atoms with Gasteiger partial charge in [-0.1, -0.05) is 54.6 Å². The summed E-state index contributed by atoms with van der Waals surface area (Å²) in [6.07, 6.45) is -0.456. The van der Waals surface area contributed by atoms with Crippen molar-refractivity contribution >= 4 is 29.3 Å². The fraction of sp³-hybridized carbons (Fsp3) is 0.254. The summed E-state index contributed by atoms with van der Waals surface area (Å²) in [5, 5.41) is 12.6. The van der Waals surface area contributed by atoms with Crippen molar-refractivity contribution in [1.82, 2.24) is 30.4 Å². The molecule has 4 heterocycles. The predicted octanol–water partition coefficient (Wildman–Crippen LogP) is 11.2. The number of pyridine rings is 2. The maximum absolute atomic E-state index is 15.4. The Labute approximate surface area is 474 Å². The first-order valence-corrected chi connectivity index (χ1v) is 27.0. The van der Waals surface area contributed by atoms with Crippen LogP contribution in [0.5, 0.6) is 5.75 Å². The van der Waals surface area contributed by atoms with E-state index in [4.69, 9.17) is 10.5 Å². The Balaban J connectivity index is 0.753. The van der Waals surface area contributed by atoms with Gasteiger partial charge in [-0.25, -0.2) is 26.3 Å². The highest BCUT2D eigenvalue weighted by Gasteiger charge is 2.69. The fourth-order valence-electron chi connectivity index (χ4n) is 12.4. The van der Waals surface area contributed by atoms with Gasteiger partial charge in [0.05, 0.1) is 40.9 Å². The molecule has 5 N–H and O–H groups in total. The number of nitrogens with one attached hydrogen (secondary N) is 3. The van der Waals surface area contributed by atoms with Crippen molar-refractivity contribution in [3.8, 4) is 28.0 Å². The van der Waals surface area contributed by atoms with Crippen molar-refractivity contribution in [1.29, 1.82) is 0 Å². The highest BCUT2D eigenvalue weighted by Crippen LogP contribution is 2.68. The third-order valence-corrected chi connectivity index (χ3v) is 16.2. The number of halogens is 8. The molecule has 7 unspecified atom stereocenters. The summed E-state index contributed by atoms with van der Waals surface area (Å²) in [5.41, 5.74) is 7.88. The molecule has 1 aliphatic heterocycles. The van der Waals surface area contributed by atoms with E-state index >= 15 is 8.78 Å².